The SMILES string of the molecule is COc1ccc(CCN(c2ccccc2N2CCN(C(=O)c3sccc3Br)CC2)S(=O)(=O)c2ccc3sc(C(=O)O)c(C)c3c2)cc1. The van der Waals surface area contributed by atoms with E-state index in [4.69, 9.17) is 4.74 Å². The van der Waals surface area contributed by atoms with Crippen LogP contribution in [0.4, 0.5) is 11.4 Å². The maximum Gasteiger partial charge on any atom is 0.346 e. The number of aryl methyl sites for hydroxylation is 1. The Morgan fingerprint density at radius 1 is 0.979 bits per heavy atom. The Morgan fingerprint density at radius 3 is 2.36 bits per heavy atom. The maximum atomic E-state index is 14.6. The fourth-order valence-electron chi connectivity index (χ4n) is 5.77. The summed E-state index contributed by atoms with van der Waals surface area (Å²) in [5.74, 6) is -0.338. The average Bonchev–Trinajstić information content (AvgIpc) is 3.67. The molecule has 0 unspecified atom stereocenters. The molecule has 0 aliphatic carbocycles. The van der Waals surface area contributed by atoms with E-state index in [1.165, 1.54) is 15.6 Å². The molecule has 1 aliphatic heterocycles. The van der Waals surface area contributed by atoms with Crippen LogP contribution in [0.5, 0.6) is 5.75 Å². The number of carbonyl (C=O) groups is 2. The van der Waals surface area contributed by atoms with Crippen molar-refractivity contribution >= 4 is 82.0 Å². The fourth-order valence-corrected chi connectivity index (χ4v) is 9.81. The molecule has 1 amide bonds. The van der Waals surface area contributed by atoms with Gasteiger partial charge in [-0.1, -0.05) is 24.3 Å². The smallest absolute Gasteiger partial charge is 0.346 e. The molecule has 0 atom stereocenters. The van der Waals surface area contributed by atoms with E-state index >= 15 is 0 Å². The van der Waals surface area contributed by atoms with E-state index in [0.29, 0.717) is 64.6 Å². The molecule has 47 heavy (non-hydrogen) atoms. The number of carbonyl (C=O) groups excluding carboxylic acids is 1. The number of hydrogen-bond acceptors (Lipinski definition) is 8. The summed E-state index contributed by atoms with van der Waals surface area (Å²) in [6.45, 7) is 3.94. The van der Waals surface area contributed by atoms with Crippen LogP contribution in [0.1, 0.15) is 30.5 Å². The summed E-state index contributed by atoms with van der Waals surface area (Å²) < 4.78 is 37.5. The highest BCUT2D eigenvalue weighted by atomic mass is 79.9. The van der Waals surface area contributed by atoms with E-state index in [1.54, 1.807) is 32.2 Å². The van der Waals surface area contributed by atoms with Crippen molar-refractivity contribution in [1.82, 2.24) is 4.90 Å². The average molecular weight is 755 g/mol. The van der Waals surface area contributed by atoms with Crippen LogP contribution in [-0.4, -0.2) is 70.1 Å². The van der Waals surface area contributed by atoms with Gasteiger partial charge < -0.3 is 19.6 Å². The van der Waals surface area contributed by atoms with E-state index < -0.39 is 16.0 Å². The summed E-state index contributed by atoms with van der Waals surface area (Å²) in [6, 6.07) is 21.7. The minimum absolute atomic E-state index is 0.0197. The number of piperazine rings is 1. The summed E-state index contributed by atoms with van der Waals surface area (Å²) in [5.41, 5.74) is 2.79. The van der Waals surface area contributed by atoms with Crippen LogP contribution in [0.2, 0.25) is 0 Å². The van der Waals surface area contributed by atoms with Gasteiger partial charge in [0, 0.05) is 41.9 Å². The molecular formula is C34H32BrN3O6S3. The minimum atomic E-state index is -4.11. The molecule has 1 N–H and O–H groups in total. The number of amides is 1. The van der Waals surface area contributed by atoms with Crippen molar-refractivity contribution in [3.8, 4) is 5.75 Å². The summed E-state index contributed by atoms with van der Waals surface area (Å²) in [4.78, 5) is 29.9. The first-order valence-corrected chi connectivity index (χ1v) is 18.8. The lowest BCUT2D eigenvalue weighted by Gasteiger charge is -2.38. The first-order chi connectivity index (χ1) is 22.6. The molecule has 244 valence electrons. The molecule has 3 heterocycles. The van der Waals surface area contributed by atoms with Crippen molar-refractivity contribution in [3.05, 3.63) is 104 Å². The number of carboxylic acids is 1. The van der Waals surface area contributed by atoms with Gasteiger partial charge in [0.15, 0.2) is 0 Å². The molecule has 0 saturated carbocycles. The van der Waals surface area contributed by atoms with Crippen LogP contribution in [0.3, 0.4) is 0 Å². The number of nitrogens with zero attached hydrogens (tertiary/aromatic N) is 3. The molecule has 1 fully saturated rings. The van der Waals surface area contributed by atoms with Crippen molar-refractivity contribution in [3.63, 3.8) is 0 Å². The highest BCUT2D eigenvalue weighted by molar-refractivity contribution is 9.10. The predicted octanol–water partition coefficient (Wildman–Crippen LogP) is 7.14. The largest absolute Gasteiger partial charge is 0.497 e. The Labute approximate surface area is 289 Å². The van der Waals surface area contributed by atoms with Gasteiger partial charge in [-0.2, -0.15) is 0 Å². The van der Waals surface area contributed by atoms with Crippen molar-refractivity contribution in [1.29, 1.82) is 0 Å². The predicted molar refractivity (Wildman–Crippen MR) is 191 cm³/mol. The summed E-state index contributed by atoms with van der Waals surface area (Å²) >= 11 is 6.01. The van der Waals surface area contributed by atoms with Crippen molar-refractivity contribution in [2.24, 2.45) is 0 Å². The molecule has 1 aliphatic rings. The number of anilines is 2. The van der Waals surface area contributed by atoms with Crippen LogP contribution < -0.4 is 13.9 Å². The number of benzene rings is 3. The number of para-hydroxylation sites is 2. The second-order valence-electron chi connectivity index (χ2n) is 11.1. The molecular weight excluding hydrogens is 722 g/mol. The zero-order valence-corrected chi connectivity index (χ0v) is 29.7. The van der Waals surface area contributed by atoms with Crippen LogP contribution in [0.15, 0.2) is 87.5 Å². The van der Waals surface area contributed by atoms with Gasteiger partial charge in [-0.3, -0.25) is 9.10 Å². The summed E-state index contributed by atoms with van der Waals surface area (Å²) in [6.07, 6.45) is 0.443. The number of halogens is 1. The molecule has 0 spiro atoms. The lowest BCUT2D eigenvalue weighted by atomic mass is 10.1. The molecule has 0 radical (unpaired) electrons. The Bertz CT molecular complexity index is 2050. The van der Waals surface area contributed by atoms with Crippen molar-refractivity contribution in [2.75, 3.05) is 49.0 Å². The number of sulfonamides is 1. The fraction of sp³-hybridized carbons (Fsp3) is 0.235. The summed E-state index contributed by atoms with van der Waals surface area (Å²) in [7, 11) is -2.51. The Hall–Kier alpha value is -3.91. The molecule has 9 nitrogen and oxygen atoms in total. The normalized spacial score (nSPS) is 13.6. The number of fused-ring (bicyclic) bond motifs is 1. The van der Waals surface area contributed by atoms with Crippen LogP contribution in [-0.2, 0) is 16.4 Å². The number of methoxy groups -OCH3 is 1. The number of aromatic carboxylic acids is 1. The lowest BCUT2D eigenvalue weighted by molar-refractivity contribution is 0.0700. The third-order valence-electron chi connectivity index (χ3n) is 8.32. The quantitative estimate of drug-likeness (QED) is 0.162. The van der Waals surface area contributed by atoms with E-state index in [-0.39, 0.29) is 22.2 Å². The topological polar surface area (TPSA) is 107 Å². The third kappa shape index (κ3) is 6.62. The van der Waals surface area contributed by atoms with E-state index in [9.17, 15) is 23.1 Å². The van der Waals surface area contributed by atoms with E-state index in [0.717, 1.165) is 27.1 Å². The van der Waals surface area contributed by atoms with Gasteiger partial charge in [0.05, 0.1) is 23.4 Å². The number of rotatable bonds is 10. The third-order valence-corrected chi connectivity index (χ3v) is 13.2. The van der Waals surface area contributed by atoms with E-state index in [2.05, 4.69) is 20.8 Å². The molecule has 3 aromatic carbocycles. The van der Waals surface area contributed by atoms with Crippen LogP contribution in [0.25, 0.3) is 10.1 Å². The Kier molecular flexibility index (Phi) is 9.60. The Morgan fingerprint density at radius 2 is 1.70 bits per heavy atom. The minimum Gasteiger partial charge on any atom is -0.497 e. The molecule has 5 aromatic rings. The molecule has 2 aromatic heterocycles. The Balaban J connectivity index is 1.34. The van der Waals surface area contributed by atoms with Crippen molar-refractivity contribution in [2.45, 2.75) is 18.2 Å². The van der Waals surface area contributed by atoms with Gasteiger partial charge in [0.25, 0.3) is 15.9 Å². The van der Waals surface area contributed by atoms with E-state index in [1.807, 2.05) is 64.9 Å². The van der Waals surface area contributed by atoms with Gasteiger partial charge in [-0.25, -0.2) is 13.2 Å². The number of carboxylic acid groups (broad SMARTS) is 1. The van der Waals surface area contributed by atoms with Crippen LogP contribution >= 0.6 is 38.6 Å². The highest BCUT2D eigenvalue weighted by Gasteiger charge is 2.31. The number of ether oxygens (including phenoxy) is 1. The number of thiophene rings is 2. The van der Waals surface area contributed by atoms with Gasteiger partial charge >= 0.3 is 5.97 Å². The first-order valence-electron chi connectivity index (χ1n) is 14.9. The van der Waals surface area contributed by atoms with Gasteiger partial charge in [0.2, 0.25) is 0 Å². The zero-order valence-electron chi connectivity index (χ0n) is 25.7. The van der Waals surface area contributed by atoms with Gasteiger partial charge in [0.1, 0.15) is 15.5 Å². The zero-order chi connectivity index (χ0) is 33.3. The first kappa shape index (κ1) is 33.0. The van der Waals surface area contributed by atoms with Gasteiger partial charge in [-0.15, -0.1) is 22.7 Å². The standard InChI is InChI=1S/C34H32BrN3O6S3/c1-22-26-21-25(11-12-30(26)46-31(22)34(40)41)47(42,43)38(15-13-23-7-9-24(44-2)10-8-23)29-6-4-3-5-28(29)36-16-18-37(19-17-36)33(39)32-27(35)14-20-45-32/h3-12,14,20-21H,13,15-19H2,1-2H3,(H,40,41). The molecule has 13 heteroatoms. The molecule has 1 saturated heterocycles. The van der Waals surface area contributed by atoms with Gasteiger partial charge in [-0.05, 0) is 99.7 Å². The van der Waals surface area contributed by atoms with Crippen LogP contribution in [0, 0.1) is 6.92 Å². The maximum absolute atomic E-state index is 14.6. The lowest BCUT2D eigenvalue weighted by Crippen LogP contribution is -2.49. The van der Waals surface area contributed by atoms with Crippen molar-refractivity contribution < 1.29 is 27.9 Å². The second-order valence-corrected chi connectivity index (χ2v) is 15.7. The monoisotopic (exact) mass is 753 g/mol. The second kappa shape index (κ2) is 13.7. The molecule has 0 bridgehead atoms. The highest BCUT2D eigenvalue weighted by Crippen LogP contribution is 2.37. The number of hydrogen-bond donors (Lipinski definition) is 1. The summed E-state index contributed by atoms with van der Waals surface area (Å²) in [5, 5.41) is 12.1. The molecule has 6 rings (SSSR count).